The summed E-state index contributed by atoms with van der Waals surface area (Å²) in [5, 5.41) is 29.3. The van der Waals surface area contributed by atoms with Crippen LogP contribution in [0.25, 0.3) is 0 Å². The Balaban J connectivity index is 1.88. The number of benzene rings is 2. The third-order valence-corrected chi connectivity index (χ3v) is 4.28. The number of phenolic OH excluding ortho intramolecular Hbond substituents is 1. The van der Waals surface area contributed by atoms with E-state index < -0.39 is 24.8 Å². The van der Waals surface area contributed by atoms with Gasteiger partial charge in [0.25, 0.3) is 0 Å². The Bertz CT molecular complexity index is 848. The second kappa shape index (κ2) is 7.63. The highest BCUT2D eigenvalue weighted by molar-refractivity contribution is 5.68. The minimum absolute atomic E-state index is 0.0372. The first kappa shape index (κ1) is 18.7. The van der Waals surface area contributed by atoms with Crippen LogP contribution < -0.4 is 18.9 Å². The number of aromatic hydroxyl groups is 1. The molecule has 1 aliphatic heterocycles. The molecule has 0 amide bonds. The molecule has 3 rings (SSSR count). The van der Waals surface area contributed by atoms with Crippen LogP contribution in [0.1, 0.15) is 17.2 Å². The van der Waals surface area contributed by atoms with Crippen LogP contribution in [0.15, 0.2) is 30.3 Å². The molecule has 0 saturated heterocycles. The topological polar surface area (TPSA) is 115 Å². The van der Waals surface area contributed by atoms with E-state index in [1.54, 1.807) is 18.2 Å². The summed E-state index contributed by atoms with van der Waals surface area (Å²) in [5.74, 6) is 0.285. The average molecular weight is 376 g/mol. The molecule has 144 valence electrons. The van der Waals surface area contributed by atoms with Gasteiger partial charge in [0.15, 0.2) is 18.1 Å². The first-order valence-corrected chi connectivity index (χ1v) is 8.20. The van der Waals surface area contributed by atoms with Gasteiger partial charge in [0.05, 0.1) is 20.3 Å². The maximum Gasteiger partial charge on any atom is 0.341 e. The number of fused-ring (bicyclic) bond motifs is 1. The number of ether oxygens (including phenoxy) is 4. The highest BCUT2D eigenvalue weighted by Gasteiger charge is 2.33. The molecule has 27 heavy (non-hydrogen) atoms. The zero-order chi connectivity index (χ0) is 19.6. The summed E-state index contributed by atoms with van der Waals surface area (Å²) in [6.07, 6.45) is -1.30. The molecule has 2 aromatic rings. The van der Waals surface area contributed by atoms with Crippen molar-refractivity contribution in [3.05, 3.63) is 41.5 Å². The highest BCUT2D eigenvalue weighted by atomic mass is 16.5. The molecular formula is C19H20O8. The Morgan fingerprint density at radius 3 is 2.59 bits per heavy atom. The van der Waals surface area contributed by atoms with E-state index in [0.29, 0.717) is 29.2 Å². The maximum atomic E-state index is 10.6. The summed E-state index contributed by atoms with van der Waals surface area (Å²) in [6.45, 7) is -0.567. The van der Waals surface area contributed by atoms with Gasteiger partial charge in [0.1, 0.15) is 23.4 Å². The maximum absolute atomic E-state index is 10.6. The van der Waals surface area contributed by atoms with Gasteiger partial charge < -0.3 is 34.3 Å². The molecule has 0 unspecified atom stereocenters. The minimum Gasteiger partial charge on any atom is -0.504 e. The number of hydrogen-bond acceptors (Lipinski definition) is 7. The molecule has 1 heterocycles. The van der Waals surface area contributed by atoms with Crippen LogP contribution in [0.5, 0.6) is 28.7 Å². The normalized spacial score (nSPS) is 18.2. The number of hydrogen-bond donors (Lipinski definition) is 3. The second-order valence-corrected chi connectivity index (χ2v) is 6.03. The monoisotopic (exact) mass is 376 g/mol. The second-order valence-electron chi connectivity index (χ2n) is 6.03. The fourth-order valence-corrected chi connectivity index (χ4v) is 3.00. The quantitative estimate of drug-likeness (QED) is 0.700. The number of methoxy groups -OCH3 is 2. The standard InChI is InChI=1S/C19H20O8/c1-24-11-6-16(25-2)12-8-14(21)19(27-17(12)7-11)10-3-4-15(13(20)5-10)26-9-18(22)23/h3-7,14,19-21H,8-9H2,1-2H3,(H,22,23)/t14-,19-/m1/s1. The summed E-state index contributed by atoms with van der Waals surface area (Å²) in [6, 6.07) is 7.85. The number of aliphatic hydroxyl groups excluding tert-OH is 1. The molecule has 8 nitrogen and oxygen atoms in total. The third kappa shape index (κ3) is 3.85. The van der Waals surface area contributed by atoms with Crippen LogP contribution >= 0.6 is 0 Å². The number of rotatable bonds is 6. The number of aliphatic hydroxyl groups is 1. The Hall–Kier alpha value is -3.13. The van der Waals surface area contributed by atoms with Crippen molar-refractivity contribution in [2.24, 2.45) is 0 Å². The molecule has 8 heteroatoms. The smallest absolute Gasteiger partial charge is 0.341 e. The van der Waals surface area contributed by atoms with Crippen LogP contribution in [0.3, 0.4) is 0 Å². The minimum atomic E-state index is -1.15. The molecular weight excluding hydrogens is 356 g/mol. The van der Waals surface area contributed by atoms with Gasteiger partial charge in [-0.05, 0) is 17.7 Å². The summed E-state index contributed by atoms with van der Waals surface area (Å²) in [7, 11) is 3.06. The number of carboxylic acid groups (broad SMARTS) is 1. The highest BCUT2D eigenvalue weighted by Crippen LogP contribution is 2.43. The van der Waals surface area contributed by atoms with Gasteiger partial charge >= 0.3 is 5.97 Å². The van der Waals surface area contributed by atoms with Crippen LogP contribution in [-0.4, -0.2) is 48.2 Å². The molecule has 0 saturated carbocycles. The van der Waals surface area contributed by atoms with Gasteiger partial charge in [0.2, 0.25) is 0 Å². The Morgan fingerprint density at radius 2 is 1.96 bits per heavy atom. The van der Waals surface area contributed by atoms with Gasteiger partial charge in [-0.2, -0.15) is 0 Å². The Morgan fingerprint density at radius 1 is 1.19 bits per heavy atom. The van der Waals surface area contributed by atoms with Crippen molar-refractivity contribution in [1.82, 2.24) is 0 Å². The van der Waals surface area contributed by atoms with Crippen LogP contribution in [0.2, 0.25) is 0 Å². The van der Waals surface area contributed by atoms with E-state index in [0.717, 1.165) is 5.56 Å². The van der Waals surface area contributed by atoms with Gasteiger partial charge in [-0.1, -0.05) is 6.07 Å². The summed E-state index contributed by atoms with van der Waals surface area (Å²) in [5.41, 5.74) is 1.25. The number of carbonyl (C=O) groups is 1. The van der Waals surface area contributed by atoms with Crippen LogP contribution in [0.4, 0.5) is 0 Å². The molecule has 3 N–H and O–H groups in total. The van der Waals surface area contributed by atoms with Crippen molar-refractivity contribution < 1.29 is 39.1 Å². The van der Waals surface area contributed by atoms with E-state index in [-0.39, 0.29) is 11.5 Å². The number of carboxylic acids is 1. The summed E-state index contributed by atoms with van der Waals surface area (Å²) < 4.78 is 21.5. The predicted octanol–water partition coefficient (Wildman–Crippen LogP) is 1.91. The van der Waals surface area contributed by atoms with Gasteiger partial charge in [-0.15, -0.1) is 0 Å². The van der Waals surface area contributed by atoms with Crippen molar-refractivity contribution in [3.63, 3.8) is 0 Å². The zero-order valence-electron chi connectivity index (χ0n) is 14.8. The summed E-state index contributed by atoms with van der Waals surface area (Å²) in [4.78, 5) is 10.6. The number of phenols is 1. The van der Waals surface area contributed by atoms with E-state index in [4.69, 9.17) is 24.1 Å². The lowest BCUT2D eigenvalue weighted by Crippen LogP contribution is -2.30. The van der Waals surface area contributed by atoms with Crippen molar-refractivity contribution >= 4 is 5.97 Å². The molecule has 0 aromatic heterocycles. The van der Waals surface area contributed by atoms with E-state index in [9.17, 15) is 15.0 Å². The molecule has 1 aliphatic rings. The SMILES string of the molecule is COc1cc(OC)c2c(c1)O[C@H](c1ccc(OCC(=O)O)c(O)c1)[C@H](O)C2. The lowest BCUT2D eigenvalue weighted by molar-refractivity contribution is -0.139. The first-order chi connectivity index (χ1) is 12.9. The first-order valence-electron chi connectivity index (χ1n) is 8.20. The van der Waals surface area contributed by atoms with E-state index in [2.05, 4.69) is 0 Å². The van der Waals surface area contributed by atoms with E-state index in [1.807, 2.05) is 0 Å². The number of aliphatic carboxylic acids is 1. The molecule has 0 aliphatic carbocycles. The van der Waals surface area contributed by atoms with Crippen molar-refractivity contribution in [2.45, 2.75) is 18.6 Å². The molecule has 0 fully saturated rings. The fraction of sp³-hybridized carbons (Fsp3) is 0.316. The summed E-state index contributed by atoms with van der Waals surface area (Å²) >= 11 is 0. The zero-order valence-corrected chi connectivity index (χ0v) is 14.8. The molecule has 2 atom stereocenters. The van der Waals surface area contributed by atoms with Crippen molar-refractivity contribution in [1.29, 1.82) is 0 Å². The Kier molecular flexibility index (Phi) is 5.27. The largest absolute Gasteiger partial charge is 0.504 e. The van der Waals surface area contributed by atoms with Crippen LogP contribution in [0, 0.1) is 0 Å². The van der Waals surface area contributed by atoms with Gasteiger partial charge in [0, 0.05) is 24.1 Å². The molecule has 0 spiro atoms. The lowest BCUT2D eigenvalue weighted by atomic mass is 9.94. The van der Waals surface area contributed by atoms with Gasteiger partial charge in [-0.3, -0.25) is 0 Å². The van der Waals surface area contributed by atoms with Gasteiger partial charge in [-0.25, -0.2) is 4.79 Å². The lowest BCUT2D eigenvalue weighted by Gasteiger charge is -2.32. The molecule has 2 aromatic carbocycles. The van der Waals surface area contributed by atoms with Crippen molar-refractivity contribution in [3.8, 4) is 28.7 Å². The average Bonchev–Trinajstić information content (AvgIpc) is 2.65. The third-order valence-electron chi connectivity index (χ3n) is 4.28. The van der Waals surface area contributed by atoms with Crippen molar-refractivity contribution in [2.75, 3.05) is 20.8 Å². The molecule has 0 radical (unpaired) electrons. The van der Waals surface area contributed by atoms with E-state index >= 15 is 0 Å². The predicted molar refractivity (Wildman–Crippen MR) is 93.9 cm³/mol. The van der Waals surface area contributed by atoms with E-state index in [1.165, 1.54) is 26.4 Å². The molecule has 0 bridgehead atoms. The van der Waals surface area contributed by atoms with Crippen LogP contribution in [-0.2, 0) is 11.2 Å². The fourth-order valence-electron chi connectivity index (χ4n) is 3.00. The Labute approximate surface area is 155 Å².